The maximum absolute atomic E-state index is 13.8. The Morgan fingerprint density at radius 3 is 2.49 bits per heavy atom. The molecule has 7 heteroatoms. The molecule has 0 fully saturated rings. The van der Waals surface area contributed by atoms with E-state index in [0.29, 0.717) is 35.4 Å². The van der Waals surface area contributed by atoms with Crippen molar-refractivity contribution in [1.82, 2.24) is 10.2 Å². The quantitative estimate of drug-likeness (QED) is 0.422. The van der Waals surface area contributed by atoms with Gasteiger partial charge in [0.2, 0.25) is 5.91 Å². The molecule has 6 nitrogen and oxygen atoms in total. The van der Waals surface area contributed by atoms with E-state index in [2.05, 4.69) is 20.9 Å². The molecular formula is C28H29FN4O2. The van der Waals surface area contributed by atoms with Crippen molar-refractivity contribution in [3.63, 3.8) is 0 Å². The topological polar surface area (TPSA) is 73.5 Å². The number of anilines is 2. The summed E-state index contributed by atoms with van der Waals surface area (Å²) in [7, 11) is 5.66. The Balaban J connectivity index is 1.76. The summed E-state index contributed by atoms with van der Waals surface area (Å²) in [6, 6.07) is 20.1. The molecule has 0 spiro atoms. The first kappa shape index (κ1) is 24.2. The van der Waals surface area contributed by atoms with E-state index in [9.17, 15) is 14.0 Å². The molecule has 0 saturated heterocycles. The van der Waals surface area contributed by atoms with Crippen LogP contribution in [0.25, 0.3) is 11.3 Å². The molecule has 0 unspecified atom stereocenters. The molecule has 3 aromatic carbocycles. The zero-order valence-electron chi connectivity index (χ0n) is 20.1. The number of nitrogens with one attached hydrogen (secondary N) is 3. The fraction of sp³-hybridized carbons (Fsp3) is 0.214. The second-order valence-electron chi connectivity index (χ2n) is 8.83. The lowest BCUT2D eigenvalue weighted by atomic mass is 9.97. The standard InChI is InChI=1S/C28H29FN4O2/c1-30-25(34)14-9-18-5-4-6-20(15-18)27(31-22-11-7-19(8-12-22)17-33(2)3)26-23-13-10-21(29)16-24(23)32-28(26)35/h4-8,10-13,15-16,31H,9,14,17H2,1-3H3,(H,30,34)(H,32,35)/b27-26-. The van der Waals surface area contributed by atoms with Crippen LogP contribution in [0.1, 0.15) is 28.7 Å². The molecule has 0 atom stereocenters. The Morgan fingerprint density at radius 1 is 1.00 bits per heavy atom. The summed E-state index contributed by atoms with van der Waals surface area (Å²) >= 11 is 0. The third-order valence-corrected chi connectivity index (χ3v) is 5.83. The summed E-state index contributed by atoms with van der Waals surface area (Å²) in [5.41, 5.74) is 5.93. The van der Waals surface area contributed by atoms with Gasteiger partial charge in [0.25, 0.3) is 5.91 Å². The summed E-state index contributed by atoms with van der Waals surface area (Å²) in [5, 5.41) is 8.86. The zero-order valence-corrected chi connectivity index (χ0v) is 20.1. The van der Waals surface area contributed by atoms with Gasteiger partial charge in [-0.1, -0.05) is 30.3 Å². The van der Waals surface area contributed by atoms with E-state index in [4.69, 9.17) is 0 Å². The number of nitrogens with zero attached hydrogens (tertiary/aromatic N) is 1. The van der Waals surface area contributed by atoms with E-state index in [1.54, 1.807) is 13.1 Å². The Morgan fingerprint density at radius 2 is 1.77 bits per heavy atom. The molecule has 1 aliphatic rings. The molecule has 0 saturated carbocycles. The maximum atomic E-state index is 13.8. The van der Waals surface area contributed by atoms with Crippen molar-refractivity contribution in [2.75, 3.05) is 31.8 Å². The molecule has 0 bridgehead atoms. The van der Waals surface area contributed by atoms with Crippen LogP contribution in [-0.2, 0) is 22.6 Å². The van der Waals surface area contributed by atoms with Crippen LogP contribution >= 0.6 is 0 Å². The first-order valence-corrected chi connectivity index (χ1v) is 11.5. The molecule has 1 heterocycles. The van der Waals surface area contributed by atoms with Crippen LogP contribution in [-0.4, -0.2) is 37.9 Å². The van der Waals surface area contributed by atoms with Crippen LogP contribution in [0.4, 0.5) is 15.8 Å². The Kier molecular flexibility index (Phi) is 7.27. The van der Waals surface area contributed by atoms with Gasteiger partial charge in [-0.2, -0.15) is 0 Å². The number of hydrogen-bond acceptors (Lipinski definition) is 4. The van der Waals surface area contributed by atoms with E-state index >= 15 is 0 Å². The minimum absolute atomic E-state index is 0.0314. The van der Waals surface area contributed by atoms with Crippen molar-refractivity contribution in [3.05, 3.63) is 94.8 Å². The lowest BCUT2D eigenvalue weighted by Crippen LogP contribution is -2.18. The van der Waals surface area contributed by atoms with Crippen molar-refractivity contribution >= 4 is 34.5 Å². The fourth-order valence-corrected chi connectivity index (χ4v) is 4.14. The van der Waals surface area contributed by atoms with Crippen molar-refractivity contribution in [1.29, 1.82) is 0 Å². The minimum atomic E-state index is -0.410. The molecule has 2 amide bonds. The number of aryl methyl sites for hydroxylation is 1. The second-order valence-corrected chi connectivity index (χ2v) is 8.83. The highest BCUT2D eigenvalue weighted by Crippen LogP contribution is 2.38. The molecule has 180 valence electrons. The predicted molar refractivity (Wildman–Crippen MR) is 138 cm³/mol. The van der Waals surface area contributed by atoms with Crippen LogP contribution < -0.4 is 16.0 Å². The average Bonchev–Trinajstić information content (AvgIpc) is 3.16. The van der Waals surface area contributed by atoms with Crippen molar-refractivity contribution in [2.24, 2.45) is 0 Å². The molecule has 0 radical (unpaired) electrons. The Hall–Kier alpha value is -3.97. The predicted octanol–water partition coefficient (Wildman–Crippen LogP) is 4.50. The fourth-order valence-electron chi connectivity index (χ4n) is 4.14. The van der Waals surface area contributed by atoms with Gasteiger partial charge < -0.3 is 20.9 Å². The molecule has 1 aliphatic heterocycles. The van der Waals surface area contributed by atoms with E-state index in [-0.39, 0.29) is 11.8 Å². The molecule has 4 rings (SSSR count). The molecule has 35 heavy (non-hydrogen) atoms. The third kappa shape index (κ3) is 5.75. The lowest BCUT2D eigenvalue weighted by Gasteiger charge is -2.17. The van der Waals surface area contributed by atoms with Crippen molar-refractivity contribution in [2.45, 2.75) is 19.4 Å². The number of carbonyl (C=O) groups is 2. The van der Waals surface area contributed by atoms with Crippen LogP contribution in [0.5, 0.6) is 0 Å². The second kappa shape index (κ2) is 10.5. The normalized spacial score (nSPS) is 13.9. The average molecular weight is 473 g/mol. The SMILES string of the molecule is CNC(=O)CCc1cccc(/C(Nc2ccc(CN(C)C)cc2)=C2/C(=O)Nc3cc(F)ccc32)c1. The van der Waals surface area contributed by atoms with Crippen molar-refractivity contribution < 1.29 is 14.0 Å². The highest BCUT2D eigenvalue weighted by molar-refractivity contribution is 6.37. The summed E-state index contributed by atoms with van der Waals surface area (Å²) < 4.78 is 13.8. The van der Waals surface area contributed by atoms with E-state index < -0.39 is 5.82 Å². The molecular weight excluding hydrogens is 443 g/mol. The van der Waals surface area contributed by atoms with Gasteiger partial charge in [0.05, 0.1) is 17.0 Å². The number of carbonyl (C=O) groups excluding carboxylic acids is 2. The van der Waals surface area contributed by atoms with Gasteiger partial charge in [0.15, 0.2) is 0 Å². The number of hydrogen-bond donors (Lipinski definition) is 3. The third-order valence-electron chi connectivity index (χ3n) is 5.83. The number of halogens is 1. The number of fused-ring (bicyclic) bond motifs is 1. The molecule has 0 aromatic heterocycles. The van der Waals surface area contributed by atoms with Gasteiger partial charge in [-0.15, -0.1) is 0 Å². The Bertz CT molecular complexity index is 1280. The number of amides is 2. The smallest absolute Gasteiger partial charge is 0.258 e. The van der Waals surface area contributed by atoms with E-state index in [1.165, 1.54) is 17.7 Å². The highest BCUT2D eigenvalue weighted by atomic mass is 19.1. The monoisotopic (exact) mass is 472 g/mol. The van der Waals surface area contributed by atoms with Crippen LogP contribution in [0.2, 0.25) is 0 Å². The minimum Gasteiger partial charge on any atom is -0.359 e. The highest BCUT2D eigenvalue weighted by Gasteiger charge is 2.29. The lowest BCUT2D eigenvalue weighted by molar-refractivity contribution is -0.120. The molecule has 0 aliphatic carbocycles. The summed E-state index contributed by atoms with van der Waals surface area (Å²) in [5.74, 6) is -0.739. The van der Waals surface area contributed by atoms with Crippen LogP contribution in [0.3, 0.4) is 0 Å². The van der Waals surface area contributed by atoms with Crippen molar-refractivity contribution in [3.8, 4) is 0 Å². The summed E-state index contributed by atoms with van der Waals surface area (Å²) in [6.07, 6.45) is 0.943. The zero-order chi connectivity index (χ0) is 24.9. The number of rotatable bonds is 8. The van der Waals surface area contributed by atoms with Gasteiger partial charge in [0.1, 0.15) is 5.82 Å². The van der Waals surface area contributed by atoms with Crippen LogP contribution in [0.15, 0.2) is 66.7 Å². The van der Waals surface area contributed by atoms with Gasteiger partial charge in [0, 0.05) is 31.3 Å². The van der Waals surface area contributed by atoms with E-state index in [0.717, 1.165) is 23.4 Å². The largest absolute Gasteiger partial charge is 0.359 e. The van der Waals surface area contributed by atoms with Gasteiger partial charge >= 0.3 is 0 Å². The molecule has 3 N–H and O–H groups in total. The van der Waals surface area contributed by atoms with Gasteiger partial charge in [-0.3, -0.25) is 9.59 Å². The number of benzene rings is 3. The summed E-state index contributed by atoms with van der Waals surface area (Å²) in [6.45, 7) is 0.822. The summed E-state index contributed by atoms with van der Waals surface area (Å²) in [4.78, 5) is 26.9. The van der Waals surface area contributed by atoms with Gasteiger partial charge in [-0.05, 0) is 73.6 Å². The Labute approximate surface area is 204 Å². The first-order chi connectivity index (χ1) is 16.8. The van der Waals surface area contributed by atoms with E-state index in [1.807, 2.05) is 62.6 Å². The van der Waals surface area contributed by atoms with Gasteiger partial charge in [-0.25, -0.2) is 4.39 Å². The van der Waals surface area contributed by atoms with Crippen LogP contribution in [0, 0.1) is 5.82 Å². The maximum Gasteiger partial charge on any atom is 0.258 e. The molecule has 3 aromatic rings. The first-order valence-electron chi connectivity index (χ1n) is 11.5.